The molecule has 0 amide bonds. The Morgan fingerprint density at radius 1 is 1.47 bits per heavy atom. The van der Waals surface area contributed by atoms with Crippen LogP contribution in [0, 0.1) is 0 Å². The van der Waals surface area contributed by atoms with E-state index in [1.807, 2.05) is 24.3 Å². The molecule has 1 N–H and O–H groups in total. The summed E-state index contributed by atoms with van der Waals surface area (Å²) in [6, 6.07) is 7.64. The molecule has 5 nitrogen and oxygen atoms in total. The van der Waals surface area contributed by atoms with Gasteiger partial charge in [0.25, 0.3) is 0 Å². The Bertz CT molecular complexity index is 494. The van der Waals surface area contributed by atoms with Crippen LogP contribution in [0.4, 0.5) is 0 Å². The molecule has 0 radical (unpaired) electrons. The maximum atomic E-state index is 9.28. The number of aromatic nitrogens is 2. The van der Waals surface area contributed by atoms with Crippen LogP contribution in [-0.4, -0.2) is 22.4 Å². The predicted octanol–water partition coefficient (Wildman–Crippen LogP) is 1.72. The summed E-state index contributed by atoms with van der Waals surface area (Å²) >= 11 is 0. The second kappa shape index (κ2) is 4.97. The van der Waals surface area contributed by atoms with Gasteiger partial charge in [0.15, 0.2) is 5.82 Å². The molecule has 1 heterocycles. The molecule has 0 spiro atoms. The minimum atomic E-state index is -0.710. The monoisotopic (exact) mass is 234 g/mol. The highest BCUT2D eigenvalue weighted by Gasteiger charge is 2.11. The molecule has 5 heteroatoms. The van der Waals surface area contributed by atoms with Crippen molar-refractivity contribution in [2.75, 3.05) is 7.11 Å². The Balaban J connectivity index is 2.13. The van der Waals surface area contributed by atoms with Gasteiger partial charge in [-0.15, -0.1) is 0 Å². The van der Waals surface area contributed by atoms with E-state index in [-0.39, 0.29) is 0 Å². The van der Waals surface area contributed by atoms with Crippen molar-refractivity contribution < 1.29 is 14.4 Å². The van der Waals surface area contributed by atoms with Crippen molar-refractivity contribution in [1.29, 1.82) is 0 Å². The highest BCUT2D eigenvalue weighted by molar-refractivity contribution is 5.29. The molecule has 0 saturated heterocycles. The SMILES string of the molecule is COc1cccc(Cc2nc(C(C)O)no2)c1. The maximum Gasteiger partial charge on any atom is 0.231 e. The number of aliphatic hydroxyl groups excluding tert-OH is 1. The van der Waals surface area contributed by atoms with Crippen LogP contribution in [0.1, 0.15) is 30.3 Å². The van der Waals surface area contributed by atoms with Crippen LogP contribution >= 0.6 is 0 Å². The summed E-state index contributed by atoms with van der Waals surface area (Å²) in [7, 11) is 1.62. The molecule has 1 aromatic carbocycles. The largest absolute Gasteiger partial charge is 0.497 e. The molecule has 1 aromatic heterocycles. The van der Waals surface area contributed by atoms with Crippen LogP contribution in [0.15, 0.2) is 28.8 Å². The minimum Gasteiger partial charge on any atom is -0.497 e. The van der Waals surface area contributed by atoms with Gasteiger partial charge in [-0.05, 0) is 24.6 Å². The first kappa shape index (κ1) is 11.6. The lowest BCUT2D eigenvalue weighted by molar-refractivity contribution is 0.184. The van der Waals surface area contributed by atoms with Crippen LogP contribution < -0.4 is 4.74 Å². The van der Waals surface area contributed by atoms with E-state index in [4.69, 9.17) is 9.26 Å². The Labute approximate surface area is 99.0 Å². The van der Waals surface area contributed by atoms with Gasteiger partial charge in [0.2, 0.25) is 5.89 Å². The minimum absolute atomic E-state index is 0.308. The highest BCUT2D eigenvalue weighted by atomic mass is 16.5. The summed E-state index contributed by atoms with van der Waals surface area (Å²) in [6.45, 7) is 1.60. The van der Waals surface area contributed by atoms with Gasteiger partial charge in [-0.1, -0.05) is 17.3 Å². The third kappa shape index (κ3) is 2.82. The number of rotatable bonds is 4. The normalized spacial score (nSPS) is 12.4. The van der Waals surface area contributed by atoms with E-state index in [1.54, 1.807) is 14.0 Å². The van der Waals surface area contributed by atoms with E-state index >= 15 is 0 Å². The van der Waals surface area contributed by atoms with Crippen molar-refractivity contribution in [3.63, 3.8) is 0 Å². The van der Waals surface area contributed by atoms with Crippen LogP contribution in [-0.2, 0) is 6.42 Å². The predicted molar refractivity (Wildman–Crippen MR) is 60.7 cm³/mol. The highest BCUT2D eigenvalue weighted by Crippen LogP contribution is 2.16. The van der Waals surface area contributed by atoms with Crippen molar-refractivity contribution in [2.45, 2.75) is 19.4 Å². The molecular formula is C12H14N2O3. The number of hydrogen-bond donors (Lipinski definition) is 1. The third-order valence-electron chi connectivity index (χ3n) is 2.35. The van der Waals surface area contributed by atoms with E-state index in [0.717, 1.165) is 11.3 Å². The summed E-state index contributed by atoms with van der Waals surface area (Å²) in [5, 5.41) is 13.0. The summed E-state index contributed by atoms with van der Waals surface area (Å²) in [5.74, 6) is 1.58. The van der Waals surface area contributed by atoms with Crippen molar-refractivity contribution in [2.24, 2.45) is 0 Å². The lowest BCUT2D eigenvalue weighted by Crippen LogP contribution is -1.94. The van der Waals surface area contributed by atoms with Crippen molar-refractivity contribution in [3.8, 4) is 5.75 Å². The summed E-state index contributed by atoms with van der Waals surface area (Å²) in [6.07, 6.45) is -0.186. The molecule has 17 heavy (non-hydrogen) atoms. The average Bonchev–Trinajstić information content (AvgIpc) is 2.78. The fourth-order valence-corrected chi connectivity index (χ4v) is 1.47. The molecule has 1 atom stereocenters. The second-order valence-corrected chi connectivity index (χ2v) is 3.75. The van der Waals surface area contributed by atoms with Gasteiger partial charge in [-0.25, -0.2) is 0 Å². The third-order valence-corrected chi connectivity index (χ3v) is 2.35. The van der Waals surface area contributed by atoms with Gasteiger partial charge in [-0.3, -0.25) is 0 Å². The number of methoxy groups -OCH3 is 1. The molecule has 1 unspecified atom stereocenters. The van der Waals surface area contributed by atoms with Crippen molar-refractivity contribution in [1.82, 2.24) is 10.1 Å². The lowest BCUT2D eigenvalue weighted by Gasteiger charge is -2.01. The molecule has 0 saturated carbocycles. The quantitative estimate of drug-likeness (QED) is 0.872. The fraction of sp³-hybridized carbons (Fsp3) is 0.333. The molecular weight excluding hydrogens is 220 g/mol. The maximum absolute atomic E-state index is 9.28. The molecule has 0 aliphatic rings. The molecule has 0 aliphatic heterocycles. The first-order chi connectivity index (χ1) is 8.19. The first-order valence-electron chi connectivity index (χ1n) is 5.32. The first-order valence-corrected chi connectivity index (χ1v) is 5.32. The van der Waals surface area contributed by atoms with Gasteiger partial charge in [0.1, 0.15) is 11.9 Å². The standard InChI is InChI=1S/C12H14N2O3/c1-8(15)12-13-11(17-14-12)7-9-4-3-5-10(6-9)16-2/h3-6,8,15H,7H2,1-2H3. The van der Waals surface area contributed by atoms with Crippen molar-refractivity contribution >= 4 is 0 Å². The Hall–Kier alpha value is -1.88. The van der Waals surface area contributed by atoms with Crippen LogP contribution in [0.3, 0.4) is 0 Å². The Kier molecular flexibility index (Phi) is 3.39. The molecule has 0 aliphatic carbocycles. The number of ether oxygens (including phenoxy) is 1. The molecule has 2 rings (SSSR count). The van der Waals surface area contributed by atoms with Crippen LogP contribution in [0.5, 0.6) is 5.75 Å². The molecule has 2 aromatic rings. The Morgan fingerprint density at radius 3 is 2.94 bits per heavy atom. The number of nitrogens with zero attached hydrogens (tertiary/aromatic N) is 2. The number of benzene rings is 1. The van der Waals surface area contributed by atoms with Gasteiger partial charge < -0.3 is 14.4 Å². The number of aliphatic hydroxyl groups is 1. The van der Waals surface area contributed by atoms with E-state index in [0.29, 0.717) is 18.1 Å². The van der Waals surface area contributed by atoms with Gasteiger partial charge in [-0.2, -0.15) is 4.98 Å². The van der Waals surface area contributed by atoms with E-state index < -0.39 is 6.10 Å². The zero-order valence-corrected chi connectivity index (χ0v) is 9.75. The number of hydrogen-bond acceptors (Lipinski definition) is 5. The van der Waals surface area contributed by atoms with Crippen LogP contribution in [0.25, 0.3) is 0 Å². The summed E-state index contributed by atoms with van der Waals surface area (Å²) in [5.41, 5.74) is 1.02. The smallest absolute Gasteiger partial charge is 0.231 e. The summed E-state index contributed by atoms with van der Waals surface area (Å²) < 4.78 is 10.2. The van der Waals surface area contributed by atoms with Gasteiger partial charge in [0.05, 0.1) is 13.5 Å². The molecule has 0 bridgehead atoms. The zero-order valence-electron chi connectivity index (χ0n) is 9.75. The van der Waals surface area contributed by atoms with E-state index in [2.05, 4.69) is 10.1 Å². The molecule has 90 valence electrons. The Morgan fingerprint density at radius 2 is 2.29 bits per heavy atom. The van der Waals surface area contributed by atoms with Gasteiger partial charge >= 0.3 is 0 Å². The van der Waals surface area contributed by atoms with Crippen molar-refractivity contribution in [3.05, 3.63) is 41.5 Å². The van der Waals surface area contributed by atoms with Gasteiger partial charge in [0, 0.05) is 0 Å². The lowest BCUT2D eigenvalue weighted by atomic mass is 10.1. The fourth-order valence-electron chi connectivity index (χ4n) is 1.47. The zero-order chi connectivity index (χ0) is 12.3. The topological polar surface area (TPSA) is 68.4 Å². The summed E-state index contributed by atoms with van der Waals surface area (Å²) in [4.78, 5) is 4.09. The van der Waals surface area contributed by atoms with Crippen LogP contribution in [0.2, 0.25) is 0 Å². The second-order valence-electron chi connectivity index (χ2n) is 3.75. The molecule has 0 fully saturated rings. The van der Waals surface area contributed by atoms with E-state index in [9.17, 15) is 5.11 Å². The average molecular weight is 234 g/mol. The van der Waals surface area contributed by atoms with E-state index in [1.165, 1.54) is 0 Å².